The molecule has 2 aromatic heterocycles. The first-order valence-corrected chi connectivity index (χ1v) is 7.67. The van der Waals surface area contributed by atoms with Gasteiger partial charge in [0.2, 0.25) is 5.91 Å². The second-order valence-corrected chi connectivity index (χ2v) is 5.35. The summed E-state index contributed by atoms with van der Waals surface area (Å²) in [7, 11) is 0. The van der Waals surface area contributed by atoms with Crippen molar-refractivity contribution in [1.29, 1.82) is 0 Å². The second kappa shape index (κ2) is 8.70. The smallest absolute Gasteiger partial charge is 0.292 e. The predicted octanol–water partition coefficient (Wildman–Crippen LogP) is 1.11. The molecule has 0 saturated heterocycles. The minimum atomic E-state index is -3.98. The summed E-state index contributed by atoms with van der Waals surface area (Å²) in [6, 6.07) is 5.56. The van der Waals surface area contributed by atoms with Gasteiger partial charge in [-0.25, -0.2) is 0 Å². The molecule has 2 N–H and O–H groups in total. The van der Waals surface area contributed by atoms with E-state index in [0.29, 0.717) is 0 Å². The Kier molecular flexibility index (Phi) is 6.36. The van der Waals surface area contributed by atoms with Crippen molar-refractivity contribution >= 4 is 23.6 Å². The van der Waals surface area contributed by atoms with Crippen LogP contribution in [0.3, 0.4) is 0 Å². The van der Waals surface area contributed by atoms with E-state index >= 15 is 0 Å². The van der Waals surface area contributed by atoms with E-state index in [1.165, 1.54) is 42.9 Å². The first-order chi connectivity index (χ1) is 12.8. The van der Waals surface area contributed by atoms with Crippen molar-refractivity contribution in [3.8, 4) is 0 Å². The van der Waals surface area contributed by atoms with E-state index in [4.69, 9.17) is 0 Å². The zero-order chi connectivity index (χ0) is 19.9. The largest absolute Gasteiger partial charge is 0.325 e. The maximum Gasteiger partial charge on any atom is 0.325 e. The lowest BCUT2D eigenvalue weighted by molar-refractivity contribution is -0.146. The fraction of sp³-hybridized carbons (Fsp3) is 0.176. The molecule has 0 fully saturated rings. The monoisotopic (exact) mass is 376 g/mol. The maximum absolute atomic E-state index is 13.9. The first-order valence-electron chi connectivity index (χ1n) is 7.67. The van der Waals surface area contributed by atoms with Crippen LogP contribution in [-0.2, 0) is 9.59 Å². The van der Waals surface area contributed by atoms with Crippen molar-refractivity contribution in [3.05, 3.63) is 60.2 Å². The Morgan fingerprint density at radius 3 is 1.89 bits per heavy atom. The van der Waals surface area contributed by atoms with Gasteiger partial charge in [0, 0.05) is 37.6 Å². The molecule has 0 unspecified atom stereocenters. The van der Waals surface area contributed by atoms with E-state index in [1.807, 2.05) is 5.32 Å². The van der Waals surface area contributed by atoms with Crippen LogP contribution in [0.1, 0.15) is 33.6 Å². The molecule has 0 bridgehead atoms. The molecule has 0 aliphatic rings. The number of nitrogens with one attached hydrogen (secondary N) is 2. The van der Waals surface area contributed by atoms with Gasteiger partial charge >= 0.3 is 5.92 Å². The van der Waals surface area contributed by atoms with Crippen LogP contribution in [0.25, 0.3) is 0 Å². The van der Waals surface area contributed by atoms with Gasteiger partial charge in [-0.15, -0.1) is 0 Å². The Hall–Kier alpha value is -3.56. The zero-order valence-electron chi connectivity index (χ0n) is 13.8. The number of carbonyl (C=O) groups excluding carboxylic acids is 4. The van der Waals surface area contributed by atoms with Crippen LogP contribution in [0.2, 0.25) is 0 Å². The number of imide groups is 2. The summed E-state index contributed by atoms with van der Waals surface area (Å²) in [5, 5.41) is 3.47. The number of halogens is 2. The molecule has 27 heavy (non-hydrogen) atoms. The van der Waals surface area contributed by atoms with Crippen LogP contribution in [-0.4, -0.2) is 39.5 Å². The molecule has 8 nitrogen and oxygen atoms in total. The van der Waals surface area contributed by atoms with Crippen LogP contribution in [0, 0.1) is 0 Å². The van der Waals surface area contributed by atoms with Gasteiger partial charge in [-0.05, 0) is 24.3 Å². The molecule has 2 rings (SSSR count). The Morgan fingerprint density at radius 1 is 0.889 bits per heavy atom. The van der Waals surface area contributed by atoms with Crippen molar-refractivity contribution in [2.75, 3.05) is 0 Å². The average Bonchev–Trinajstić information content (AvgIpc) is 2.67. The number of amides is 4. The van der Waals surface area contributed by atoms with Gasteiger partial charge in [0.05, 0.1) is 11.1 Å². The molecule has 140 valence electrons. The lowest BCUT2D eigenvalue weighted by Crippen LogP contribution is -2.44. The van der Waals surface area contributed by atoms with Gasteiger partial charge in [0.1, 0.15) is 0 Å². The minimum absolute atomic E-state index is 0.0681. The number of pyridine rings is 2. The fourth-order valence-corrected chi connectivity index (χ4v) is 1.91. The van der Waals surface area contributed by atoms with Crippen molar-refractivity contribution in [1.82, 2.24) is 20.6 Å². The van der Waals surface area contributed by atoms with Gasteiger partial charge in [0.15, 0.2) is 0 Å². The number of nitrogens with zero attached hydrogens (tertiary/aromatic N) is 2. The van der Waals surface area contributed by atoms with Crippen LogP contribution in [0.5, 0.6) is 0 Å². The summed E-state index contributed by atoms with van der Waals surface area (Å²) in [4.78, 5) is 54.0. The Labute approximate surface area is 152 Å². The van der Waals surface area contributed by atoms with Crippen molar-refractivity contribution < 1.29 is 28.0 Å². The van der Waals surface area contributed by atoms with Gasteiger partial charge in [-0.1, -0.05) is 0 Å². The van der Waals surface area contributed by atoms with E-state index < -0.39 is 42.4 Å². The highest BCUT2D eigenvalue weighted by Gasteiger charge is 2.40. The van der Waals surface area contributed by atoms with Gasteiger partial charge in [-0.3, -0.25) is 39.8 Å². The molecule has 4 amide bonds. The fourth-order valence-electron chi connectivity index (χ4n) is 1.91. The van der Waals surface area contributed by atoms with Crippen LogP contribution < -0.4 is 10.6 Å². The molecular formula is C17H14F2N4O4. The van der Waals surface area contributed by atoms with Gasteiger partial charge in [0.25, 0.3) is 17.7 Å². The standard InChI is InChI=1S/C17H14F2N4O4/c18-17(19,16(27)23-15(26)12-4-2-8-21-10-12)6-5-13(24)22-14(25)11-3-1-7-20-9-11/h1-4,7-10H,5-6H2,(H,22,24,25)(H,23,26,27). The lowest BCUT2D eigenvalue weighted by atomic mass is 10.1. The Morgan fingerprint density at radius 2 is 1.41 bits per heavy atom. The summed E-state index contributed by atoms with van der Waals surface area (Å²) in [5.74, 6) is -8.65. The van der Waals surface area contributed by atoms with Crippen molar-refractivity contribution in [2.45, 2.75) is 18.8 Å². The lowest BCUT2D eigenvalue weighted by Gasteiger charge is -2.15. The van der Waals surface area contributed by atoms with Gasteiger partial charge < -0.3 is 0 Å². The Balaban J connectivity index is 1.86. The van der Waals surface area contributed by atoms with Crippen LogP contribution in [0.4, 0.5) is 8.78 Å². The number of rotatable bonds is 6. The van der Waals surface area contributed by atoms with Crippen molar-refractivity contribution in [2.24, 2.45) is 0 Å². The molecule has 0 saturated carbocycles. The summed E-state index contributed by atoms with van der Waals surface area (Å²) < 4.78 is 27.7. The van der Waals surface area contributed by atoms with Crippen molar-refractivity contribution in [3.63, 3.8) is 0 Å². The van der Waals surface area contributed by atoms with Crippen LogP contribution >= 0.6 is 0 Å². The van der Waals surface area contributed by atoms with E-state index in [1.54, 1.807) is 5.32 Å². The topological polar surface area (TPSA) is 118 Å². The van der Waals surface area contributed by atoms with Gasteiger partial charge in [-0.2, -0.15) is 8.78 Å². The molecule has 0 radical (unpaired) electrons. The minimum Gasteiger partial charge on any atom is -0.292 e. The SMILES string of the molecule is O=C(CCC(F)(F)C(=O)NC(=O)c1cccnc1)NC(=O)c1cccnc1. The zero-order valence-corrected chi connectivity index (χ0v) is 13.8. The number of aromatic nitrogens is 2. The van der Waals surface area contributed by atoms with E-state index in [-0.39, 0.29) is 11.1 Å². The third-order valence-electron chi connectivity index (χ3n) is 3.33. The average molecular weight is 376 g/mol. The molecule has 2 aromatic rings. The summed E-state index contributed by atoms with van der Waals surface area (Å²) in [6.07, 6.45) is 3.13. The number of alkyl halides is 2. The summed E-state index contributed by atoms with van der Waals surface area (Å²) in [5.41, 5.74) is 0.0129. The normalized spacial score (nSPS) is 10.7. The highest BCUT2D eigenvalue weighted by molar-refractivity contribution is 6.07. The molecular weight excluding hydrogens is 362 g/mol. The molecule has 10 heteroatoms. The van der Waals surface area contributed by atoms with E-state index in [2.05, 4.69) is 9.97 Å². The second-order valence-electron chi connectivity index (χ2n) is 5.35. The number of hydrogen-bond acceptors (Lipinski definition) is 6. The maximum atomic E-state index is 13.9. The Bertz CT molecular complexity index is 845. The molecule has 0 aliphatic carbocycles. The third kappa shape index (κ3) is 5.73. The quantitative estimate of drug-likeness (QED) is 0.780. The molecule has 0 atom stereocenters. The third-order valence-corrected chi connectivity index (χ3v) is 3.33. The highest BCUT2D eigenvalue weighted by atomic mass is 19.3. The molecule has 0 spiro atoms. The molecule has 0 aromatic carbocycles. The predicted molar refractivity (Wildman–Crippen MR) is 87.6 cm³/mol. The molecule has 0 aliphatic heterocycles. The highest BCUT2D eigenvalue weighted by Crippen LogP contribution is 2.20. The number of hydrogen-bond donors (Lipinski definition) is 2. The summed E-state index contributed by atoms with van der Waals surface area (Å²) >= 11 is 0. The first kappa shape index (κ1) is 19.8. The van der Waals surface area contributed by atoms with E-state index in [0.717, 1.165) is 6.20 Å². The van der Waals surface area contributed by atoms with E-state index in [9.17, 15) is 28.0 Å². The number of carbonyl (C=O) groups is 4. The molecule has 2 heterocycles. The van der Waals surface area contributed by atoms with Crippen LogP contribution in [0.15, 0.2) is 49.1 Å². The summed E-state index contributed by atoms with van der Waals surface area (Å²) in [6.45, 7) is 0.